The van der Waals surface area contributed by atoms with E-state index in [4.69, 9.17) is 5.11 Å². The van der Waals surface area contributed by atoms with Crippen LogP contribution in [0, 0.1) is 0 Å². The Morgan fingerprint density at radius 3 is 3.00 bits per heavy atom. The van der Waals surface area contributed by atoms with Gasteiger partial charge < -0.3 is 14.4 Å². The van der Waals surface area contributed by atoms with Crippen LogP contribution in [-0.4, -0.2) is 33.3 Å². The fourth-order valence-corrected chi connectivity index (χ4v) is 1.04. The van der Waals surface area contributed by atoms with Crippen LogP contribution in [0.1, 0.15) is 10.5 Å². The van der Waals surface area contributed by atoms with Gasteiger partial charge in [0.15, 0.2) is 11.5 Å². The molecule has 0 fully saturated rings. The molecule has 0 atom stereocenters. The van der Waals surface area contributed by atoms with E-state index in [1.165, 1.54) is 24.0 Å². The van der Waals surface area contributed by atoms with Gasteiger partial charge in [-0.2, -0.15) is 0 Å². The number of carbonyl (C=O) groups is 2. The lowest BCUT2D eigenvalue weighted by atomic mass is 10.4. The molecule has 0 aliphatic heterocycles. The van der Waals surface area contributed by atoms with E-state index in [9.17, 15) is 9.59 Å². The summed E-state index contributed by atoms with van der Waals surface area (Å²) in [5, 5.41) is 11.1. The molecular weight excluding hydrogens is 214 g/mol. The van der Waals surface area contributed by atoms with E-state index >= 15 is 0 Å². The highest BCUT2D eigenvalue weighted by atomic mass is 16.5. The zero-order chi connectivity index (χ0) is 12.1. The number of anilines is 1. The maximum atomic E-state index is 11.1. The van der Waals surface area contributed by atoms with Crippen molar-refractivity contribution in [2.75, 3.05) is 11.9 Å². The summed E-state index contributed by atoms with van der Waals surface area (Å²) < 4.78 is 5.91. The molecule has 2 N–H and O–H groups in total. The van der Waals surface area contributed by atoms with Gasteiger partial charge in [-0.1, -0.05) is 12.7 Å². The molecule has 1 aromatic heterocycles. The zero-order valence-corrected chi connectivity index (χ0v) is 8.64. The van der Waals surface area contributed by atoms with Gasteiger partial charge >= 0.3 is 12.1 Å². The Morgan fingerprint density at radius 1 is 1.75 bits per heavy atom. The van der Waals surface area contributed by atoms with E-state index in [1.54, 1.807) is 0 Å². The maximum Gasteiger partial charge on any atom is 0.413 e. The van der Waals surface area contributed by atoms with Crippen LogP contribution in [0.4, 0.5) is 10.6 Å². The number of nitrogens with one attached hydrogen (secondary N) is 1. The predicted octanol–water partition coefficient (Wildman–Crippen LogP) is 0.853. The van der Waals surface area contributed by atoms with Crippen molar-refractivity contribution < 1.29 is 19.4 Å². The molecule has 0 aliphatic carbocycles. The SMILES string of the molecule is C=CCOC(=O)Nc1ncn(C)c1C(=O)O. The molecule has 1 rings (SSSR count). The van der Waals surface area contributed by atoms with E-state index in [0.717, 1.165) is 0 Å². The highest BCUT2D eigenvalue weighted by Crippen LogP contribution is 2.12. The van der Waals surface area contributed by atoms with E-state index in [0.29, 0.717) is 0 Å². The Hall–Kier alpha value is -2.31. The van der Waals surface area contributed by atoms with Gasteiger partial charge in [0, 0.05) is 7.05 Å². The number of hydrogen-bond acceptors (Lipinski definition) is 4. The first-order valence-corrected chi connectivity index (χ1v) is 4.35. The highest BCUT2D eigenvalue weighted by Gasteiger charge is 2.18. The van der Waals surface area contributed by atoms with Gasteiger partial charge in [-0.3, -0.25) is 5.32 Å². The number of aryl methyl sites for hydroxylation is 1. The normalized spacial score (nSPS) is 9.56. The van der Waals surface area contributed by atoms with Gasteiger partial charge in [0.05, 0.1) is 6.33 Å². The lowest BCUT2D eigenvalue weighted by Gasteiger charge is -2.03. The molecule has 0 unspecified atom stereocenters. The van der Waals surface area contributed by atoms with E-state index < -0.39 is 12.1 Å². The summed E-state index contributed by atoms with van der Waals surface area (Å²) in [5.41, 5.74) is -0.115. The second-order valence-electron chi connectivity index (χ2n) is 2.87. The first-order chi connectivity index (χ1) is 7.56. The van der Waals surface area contributed by atoms with Gasteiger partial charge in [-0.15, -0.1) is 0 Å². The second-order valence-corrected chi connectivity index (χ2v) is 2.87. The number of aromatic nitrogens is 2. The van der Waals surface area contributed by atoms with Crippen molar-refractivity contribution in [1.82, 2.24) is 9.55 Å². The van der Waals surface area contributed by atoms with Crippen molar-refractivity contribution in [2.24, 2.45) is 7.05 Å². The lowest BCUT2D eigenvalue weighted by molar-refractivity contribution is 0.0688. The summed E-state index contributed by atoms with van der Waals surface area (Å²) in [6.07, 6.45) is 1.91. The van der Waals surface area contributed by atoms with Crippen molar-refractivity contribution in [2.45, 2.75) is 0 Å². The minimum atomic E-state index is -1.18. The first-order valence-electron chi connectivity index (χ1n) is 4.35. The van der Waals surface area contributed by atoms with Crippen LogP contribution in [0.25, 0.3) is 0 Å². The average molecular weight is 225 g/mol. The second kappa shape index (κ2) is 4.96. The Kier molecular flexibility index (Phi) is 3.65. The molecule has 1 heterocycles. The number of imidazole rings is 1. The molecule has 0 radical (unpaired) electrons. The van der Waals surface area contributed by atoms with Crippen LogP contribution in [0.3, 0.4) is 0 Å². The average Bonchev–Trinajstić information content (AvgIpc) is 2.56. The Bertz CT molecular complexity index is 424. The van der Waals surface area contributed by atoms with Gasteiger partial charge in [0.1, 0.15) is 6.61 Å². The maximum absolute atomic E-state index is 11.1. The van der Waals surface area contributed by atoms with Crippen LogP contribution < -0.4 is 5.32 Å². The Labute approximate surface area is 91.4 Å². The summed E-state index contributed by atoms with van der Waals surface area (Å²) in [5.74, 6) is -1.23. The molecule has 16 heavy (non-hydrogen) atoms. The number of nitrogens with zero attached hydrogens (tertiary/aromatic N) is 2. The molecule has 7 heteroatoms. The number of carboxylic acid groups (broad SMARTS) is 1. The molecule has 1 aromatic rings. The van der Waals surface area contributed by atoms with Gasteiger partial charge in [-0.25, -0.2) is 14.6 Å². The summed E-state index contributed by atoms with van der Waals surface area (Å²) in [6.45, 7) is 3.41. The van der Waals surface area contributed by atoms with E-state index in [2.05, 4.69) is 21.6 Å². The number of carboxylic acids is 1. The fraction of sp³-hybridized carbons (Fsp3) is 0.222. The predicted molar refractivity (Wildman–Crippen MR) is 55.3 cm³/mol. The van der Waals surface area contributed by atoms with E-state index in [-0.39, 0.29) is 18.1 Å². The van der Waals surface area contributed by atoms with Gasteiger partial charge in [0.2, 0.25) is 0 Å². The third kappa shape index (κ3) is 2.59. The van der Waals surface area contributed by atoms with Crippen LogP contribution >= 0.6 is 0 Å². The summed E-state index contributed by atoms with van der Waals surface area (Å²) in [4.78, 5) is 25.7. The van der Waals surface area contributed by atoms with Crippen molar-refractivity contribution in [3.05, 3.63) is 24.7 Å². The number of hydrogen-bond donors (Lipinski definition) is 2. The van der Waals surface area contributed by atoms with Gasteiger partial charge in [0.25, 0.3) is 0 Å². The summed E-state index contributed by atoms with van der Waals surface area (Å²) >= 11 is 0. The molecule has 0 aliphatic rings. The van der Waals surface area contributed by atoms with Crippen LogP contribution in [0.2, 0.25) is 0 Å². The lowest BCUT2D eigenvalue weighted by Crippen LogP contribution is -2.17. The molecular formula is C9H11N3O4. The molecule has 0 aromatic carbocycles. The van der Waals surface area contributed by atoms with Crippen molar-refractivity contribution in [3.63, 3.8) is 0 Å². The number of rotatable bonds is 4. The molecule has 1 amide bonds. The fourth-order valence-electron chi connectivity index (χ4n) is 1.04. The van der Waals surface area contributed by atoms with Crippen LogP contribution in [0.5, 0.6) is 0 Å². The first kappa shape index (κ1) is 11.8. The van der Waals surface area contributed by atoms with Crippen molar-refractivity contribution in [3.8, 4) is 0 Å². The molecule has 0 saturated carbocycles. The van der Waals surface area contributed by atoms with Crippen LogP contribution in [-0.2, 0) is 11.8 Å². The van der Waals surface area contributed by atoms with Crippen molar-refractivity contribution in [1.29, 1.82) is 0 Å². The molecule has 0 bridgehead atoms. The number of ether oxygens (including phenoxy) is 1. The topological polar surface area (TPSA) is 93.5 Å². The Morgan fingerprint density at radius 2 is 2.44 bits per heavy atom. The van der Waals surface area contributed by atoms with Gasteiger partial charge in [-0.05, 0) is 0 Å². The van der Waals surface area contributed by atoms with Crippen LogP contribution in [0.15, 0.2) is 19.0 Å². The zero-order valence-electron chi connectivity index (χ0n) is 8.64. The molecule has 7 nitrogen and oxygen atoms in total. The standard InChI is InChI=1S/C9H11N3O4/c1-3-4-16-9(15)11-7-6(8(13)14)12(2)5-10-7/h3,5H,1,4H2,2H3,(H,11,15)(H,13,14). The molecule has 0 saturated heterocycles. The minimum absolute atomic E-state index is 0.0427. The quantitative estimate of drug-likeness (QED) is 0.741. The highest BCUT2D eigenvalue weighted by molar-refractivity contribution is 5.96. The molecule has 0 spiro atoms. The Balaban J connectivity index is 2.77. The monoisotopic (exact) mass is 225 g/mol. The number of aromatic carboxylic acids is 1. The van der Waals surface area contributed by atoms with Crippen molar-refractivity contribution >= 4 is 17.9 Å². The summed E-state index contributed by atoms with van der Waals surface area (Å²) in [6, 6.07) is 0. The largest absolute Gasteiger partial charge is 0.476 e. The third-order valence-corrected chi connectivity index (χ3v) is 1.69. The number of amides is 1. The third-order valence-electron chi connectivity index (χ3n) is 1.69. The number of carbonyl (C=O) groups excluding carboxylic acids is 1. The minimum Gasteiger partial charge on any atom is -0.476 e. The molecule has 86 valence electrons. The summed E-state index contributed by atoms with van der Waals surface area (Å²) in [7, 11) is 1.51. The van der Waals surface area contributed by atoms with E-state index in [1.807, 2.05) is 0 Å². The smallest absolute Gasteiger partial charge is 0.413 e.